The van der Waals surface area contributed by atoms with Crippen LogP contribution in [0.15, 0.2) is 35.6 Å². The van der Waals surface area contributed by atoms with E-state index in [1.54, 1.807) is 12.2 Å². The van der Waals surface area contributed by atoms with E-state index in [4.69, 9.17) is 0 Å². The van der Waals surface area contributed by atoms with Crippen molar-refractivity contribution in [2.24, 2.45) is 17.3 Å². The fraction of sp³-hybridized carbons (Fsp3) is 0.611. The zero-order chi connectivity index (χ0) is 16.3. The fourth-order valence-electron chi connectivity index (χ4n) is 4.44. The van der Waals surface area contributed by atoms with Gasteiger partial charge >= 0.3 is 0 Å². The zero-order valence-corrected chi connectivity index (χ0v) is 13.2. The Morgan fingerprint density at radius 2 is 2.00 bits per heavy atom. The van der Waals surface area contributed by atoms with Crippen molar-refractivity contribution in [3.05, 3.63) is 35.6 Å². The lowest BCUT2D eigenvalue weighted by atomic mass is 9.54. The topological polar surface area (TPSA) is 77.8 Å². The molecule has 3 aliphatic carbocycles. The van der Waals surface area contributed by atoms with E-state index in [1.807, 2.05) is 13.8 Å². The first-order valence-corrected chi connectivity index (χ1v) is 7.97. The highest BCUT2D eigenvalue weighted by Gasteiger charge is 2.57. The van der Waals surface area contributed by atoms with Gasteiger partial charge in [-0.25, -0.2) is 0 Å². The van der Waals surface area contributed by atoms with Gasteiger partial charge in [-0.1, -0.05) is 26.0 Å². The van der Waals surface area contributed by atoms with Crippen molar-refractivity contribution in [2.45, 2.75) is 51.2 Å². The van der Waals surface area contributed by atoms with Gasteiger partial charge in [0.05, 0.1) is 11.7 Å². The van der Waals surface area contributed by atoms with Crippen molar-refractivity contribution >= 4 is 5.78 Å². The molecular weight excluding hydrogens is 280 g/mol. The number of allylic oxidation sites excluding steroid dienone is 3. The van der Waals surface area contributed by atoms with Gasteiger partial charge in [0.25, 0.3) is 0 Å². The minimum atomic E-state index is -1.23. The summed E-state index contributed by atoms with van der Waals surface area (Å²) in [5, 5.41) is 32.0. The molecule has 1 saturated carbocycles. The summed E-state index contributed by atoms with van der Waals surface area (Å²) in [4.78, 5) is 12.6. The molecule has 0 radical (unpaired) electrons. The van der Waals surface area contributed by atoms with Crippen molar-refractivity contribution in [3.63, 3.8) is 0 Å². The molecule has 22 heavy (non-hydrogen) atoms. The maximum absolute atomic E-state index is 12.6. The number of ketones is 1. The monoisotopic (exact) mass is 304 g/mol. The Labute approximate surface area is 130 Å². The van der Waals surface area contributed by atoms with Crippen LogP contribution in [0.2, 0.25) is 0 Å². The summed E-state index contributed by atoms with van der Waals surface area (Å²) < 4.78 is 0. The number of carbonyl (C=O) groups excluding carboxylic acids is 1. The second kappa shape index (κ2) is 4.80. The van der Waals surface area contributed by atoms with Gasteiger partial charge in [-0.3, -0.25) is 4.79 Å². The zero-order valence-electron chi connectivity index (χ0n) is 13.2. The van der Waals surface area contributed by atoms with Gasteiger partial charge in [0, 0.05) is 16.9 Å². The molecule has 0 aromatic heterocycles. The summed E-state index contributed by atoms with van der Waals surface area (Å²) in [7, 11) is 0. The van der Waals surface area contributed by atoms with E-state index in [-0.39, 0.29) is 17.6 Å². The van der Waals surface area contributed by atoms with Crippen LogP contribution in [0.4, 0.5) is 0 Å². The van der Waals surface area contributed by atoms with Crippen molar-refractivity contribution in [1.82, 2.24) is 0 Å². The molecule has 3 aliphatic rings. The number of hydrogen-bond donors (Lipinski definition) is 3. The first kappa shape index (κ1) is 15.5. The molecule has 0 aromatic rings. The number of aliphatic hydroxyl groups is 3. The molecule has 0 aromatic carbocycles. The lowest BCUT2D eigenvalue weighted by Crippen LogP contribution is -2.55. The first-order chi connectivity index (χ1) is 10.2. The second-order valence-corrected chi connectivity index (χ2v) is 7.40. The summed E-state index contributed by atoms with van der Waals surface area (Å²) >= 11 is 0. The molecule has 4 heteroatoms. The van der Waals surface area contributed by atoms with Crippen molar-refractivity contribution < 1.29 is 20.1 Å². The van der Waals surface area contributed by atoms with Gasteiger partial charge in [-0.15, -0.1) is 6.58 Å². The molecule has 0 bridgehead atoms. The molecular formula is C18H24O4. The predicted molar refractivity (Wildman–Crippen MR) is 83.1 cm³/mol. The van der Waals surface area contributed by atoms with E-state index >= 15 is 0 Å². The van der Waals surface area contributed by atoms with E-state index in [1.165, 1.54) is 0 Å². The summed E-state index contributed by atoms with van der Waals surface area (Å²) in [6.45, 7) is 7.42. The third-order valence-corrected chi connectivity index (χ3v) is 5.90. The van der Waals surface area contributed by atoms with Crippen LogP contribution < -0.4 is 0 Å². The quantitative estimate of drug-likeness (QED) is 0.650. The van der Waals surface area contributed by atoms with Crippen molar-refractivity contribution in [1.29, 1.82) is 0 Å². The normalized spacial score (nSPS) is 40.6. The largest absolute Gasteiger partial charge is 0.504 e. The Hall–Kier alpha value is -1.39. The Morgan fingerprint density at radius 1 is 1.32 bits per heavy atom. The summed E-state index contributed by atoms with van der Waals surface area (Å²) in [6, 6.07) is 0. The minimum Gasteiger partial charge on any atom is -0.504 e. The number of aliphatic hydroxyl groups excluding tert-OH is 2. The molecule has 4 nitrogen and oxygen atoms in total. The van der Waals surface area contributed by atoms with Crippen LogP contribution in [0.5, 0.6) is 0 Å². The standard InChI is InChI=1S/C18H24O4/c1-4-10-7-8-18(22)11-5-6-13(19)17(2,3)14(11)16(21)15(20)12(18)9-10/h4,9-11,13,19,21-22H,1,5-8H2,2-3H3. The van der Waals surface area contributed by atoms with E-state index in [0.717, 1.165) is 6.42 Å². The summed E-state index contributed by atoms with van der Waals surface area (Å²) in [6.07, 6.45) is 5.26. The van der Waals surface area contributed by atoms with Crippen LogP contribution in [0.25, 0.3) is 0 Å². The van der Waals surface area contributed by atoms with Crippen LogP contribution in [-0.2, 0) is 4.79 Å². The lowest BCUT2D eigenvalue weighted by Gasteiger charge is -2.52. The molecule has 4 unspecified atom stereocenters. The highest BCUT2D eigenvalue weighted by molar-refractivity contribution is 6.10. The van der Waals surface area contributed by atoms with Gasteiger partial charge in [0.2, 0.25) is 5.78 Å². The van der Waals surface area contributed by atoms with Gasteiger partial charge in [0.1, 0.15) is 0 Å². The van der Waals surface area contributed by atoms with E-state index in [9.17, 15) is 20.1 Å². The Kier molecular flexibility index (Phi) is 3.38. The maximum Gasteiger partial charge on any atom is 0.225 e. The van der Waals surface area contributed by atoms with E-state index in [2.05, 4.69) is 6.58 Å². The number of Topliss-reactive ketones (excluding diaryl/α,β-unsaturated/α-hetero) is 1. The lowest BCUT2D eigenvalue weighted by molar-refractivity contribution is -0.122. The third-order valence-electron chi connectivity index (χ3n) is 5.90. The molecule has 0 aliphatic heterocycles. The molecule has 3 rings (SSSR count). The molecule has 4 atom stereocenters. The van der Waals surface area contributed by atoms with Crippen LogP contribution in [0.1, 0.15) is 39.5 Å². The molecule has 0 heterocycles. The summed E-state index contributed by atoms with van der Waals surface area (Å²) in [5.74, 6) is -1.03. The van der Waals surface area contributed by atoms with Gasteiger partial charge < -0.3 is 15.3 Å². The second-order valence-electron chi connectivity index (χ2n) is 7.40. The van der Waals surface area contributed by atoms with Crippen LogP contribution in [0.3, 0.4) is 0 Å². The highest BCUT2D eigenvalue weighted by atomic mass is 16.3. The number of carbonyl (C=O) groups is 1. The molecule has 0 saturated heterocycles. The van der Waals surface area contributed by atoms with Crippen molar-refractivity contribution in [2.75, 3.05) is 0 Å². The van der Waals surface area contributed by atoms with Crippen LogP contribution >= 0.6 is 0 Å². The third kappa shape index (κ3) is 1.87. The highest BCUT2D eigenvalue weighted by Crippen LogP contribution is 2.56. The Balaban J connectivity index is 2.19. The predicted octanol–water partition coefficient (Wildman–Crippen LogP) is 2.43. The van der Waals surface area contributed by atoms with Crippen LogP contribution in [0, 0.1) is 17.3 Å². The minimum absolute atomic E-state index is 0.0516. The average molecular weight is 304 g/mol. The fourth-order valence-corrected chi connectivity index (χ4v) is 4.44. The molecule has 0 amide bonds. The first-order valence-electron chi connectivity index (χ1n) is 7.97. The maximum atomic E-state index is 12.6. The Morgan fingerprint density at radius 3 is 2.64 bits per heavy atom. The van der Waals surface area contributed by atoms with E-state index in [0.29, 0.717) is 30.4 Å². The SMILES string of the molecule is C=CC1C=C2C(=O)C(O)=C3C(CCC(O)C3(C)C)C2(O)CC1. The van der Waals surface area contributed by atoms with Gasteiger partial charge in [0.15, 0.2) is 5.76 Å². The average Bonchev–Trinajstić information content (AvgIpc) is 2.47. The molecule has 120 valence electrons. The Bertz CT molecular complexity index is 598. The number of rotatable bonds is 1. The summed E-state index contributed by atoms with van der Waals surface area (Å²) in [5.41, 5.74) is -1.11. The number of fused-ring (bicyclic) bond motifs is 3. The van der Waals surface area contributed by atoms with Crippen molar-refractivity contribution in [3.8, 4) is 0 Å². The molecule has 1 fully saturated rings. The number of hydrogen-bond acceptors (Lipinski definition) is 4. The van der Waals surface area contributed by atoms with Crippen LogP contribution in [-0.4, -0.2) is 32.8 Å². The van der Waals surface area contributed by atoms with Gasteiger partial charge in [-0.05, 0) is 37.2 Å². The molecule has 0 spiro atoms. The van der Waals surface area contributed by atoms with E-state index < -0.39 is 22.9 Å². The van der Waals surface area contributed by atoms with Gasteiger partial charge in [-0.2, -0.15) is 0 Å². The smallest absolute Gasteiger partial charge is 0.225 e. The molecule has 3 N–H and O–H groups in total.